The number of hydrazone groups is 1. The average Bonchev–Trinajstić information content (AvgIpc) is 2.57. The highest BCUT2D eigenvalue weighted by Crippen LogP contribution is 2.14. The predicted molar refractivity (Wildman–Crippen MR) is 92.6 cm³/mol. The molecule has 0 saturated heterocycles. The van der Waals surface area contributed by atoms with Crippen LogP contribution in [0.3, 0.4) is 0 Å². The summed E-state index contributed by atoms with van der Waals surface area (Å²) in [6.07, 6.45) is 1.92. The molecule has 0 aromatic heterocycles. The van der Waals surface area contributed by atoms with Crippen LogP contribution in [0.25, 0.3) is 0 Å². The number of nitrogens with zero attached hydrogens (tertiary/aromatic N) is 2. The quantitative estimate of drug-likeness (QED) is 0.740. The van der Waals surface area contributed by atoms with Crippen molar-refractivity contribution in [2.45, 2.75) is 39.2 Å². The molecular weight excluding hydrogens is 306 g/mol. The second kappa shape index (κ2) is 9.17. The lowest BCUT2D eigenvalue weighted by atomic mass is 10.0. The van der Waals surface area contributed by atoms with E-state index in [-0.39, 0.29) is 24.5 Å². The summed E-state index contributed by atoms with van der Waals surface area (Å²) >= 11 is 0. The van der Waals surface area contributed by atoms with Crippen LogP contribution < -0.4 is 5.32 Å². The fourth-order valence-electron chi connectivity index (χ4n) is 2.37. The van der Waals surface area contributed by atoms with Gasteiger partial charge in [-0.3, -0.25) is 9.59 Å². The molecule has 0 atom stereocenters. The van der Waals surface area contributed by atoms with Gasteiger partial charge in [0.25, 0.3) is 0 Å². The smallest absolute Gasteiger partial charge is 0.243 e. The third kappa shape index (κ3) is 5.77. The number of benzene rings is 1. The van der Waals surface area contributed by atoms with Crippen molar-refractivity contribution >= 4 is 17.5 Å². The Kier molecular flexibility index (Phi) is 6.93. The zero-order valence-corrected chi connectivity index (χ0v) is 14.3. The highest BCUT2D eigenvalue weighted by Gasteiger charge is 2.23. The molecular formula is C18H25N3O3. The van der Waals surface area contributed by atoms with E-state index in [2.05, 4.69) is 10.4 Å². The molecule has 1 N–H and O–H groups in total. The van der Waals surface area contributed by atoms with Gasteiger partial charge in [0, 0.05) is 26.0 Å². The largest absolute Gasteiger partial charge is 0.379 e. The number of rotatable bonds is 8. The minimum absolute atomic E-state index is 0.0415. The lowest BCUT2D eigenvalue weighted by Gasteiger charge is -2.23. The first kappa shape index (κ1) is 18.1. The molecule has 0 unspecified atom stereocenters. The normalized spacial score (nSPS) is 14.7. The van der Waals surface area contributed by atoms with Crippen LogP contribution >= 0.6 is 0 Å². The number of ether oxygens (including phenoxy) is 1. The Morgan fingerprint density at radius 2 is 2.04 bits per heavy atom. The molecule has 24 heavy (non-hydrogen) atoms. The fraction of sp³-hybridized carbons (Fsp3) is 0.500. The van der Waals surface area contributed by atoms with Crippen LogP contribution in [0.4, 0.5) is 0 Å². The first-order valence-electron chi connectivity index (χ1n) is 8.38. The third-order valence-corrected chi connectivity index (χ3v) is 3.60. The van der Waals surface area contributed by atoms with Crippen molar-refractivity contribution in [1.29, 1.82) is 0 Å². The van der Waals surface area contributed by atoms with Gasteiger partial charge in [-0.05, 0) is 25.8 Å². The molecule has 1 aromatic rings. The maximum absolute atomic E-state index is 12.0. The molecule has 1 aliphatic heterocycles. The van der Waals surface area contributed by atoms with E-state index in [1.807, 2.05) is 44.2 Å². The molecule has 6 nitrogen and oxygen atoms in total. The average molecular weight is 331 g/mol. The first-order chi connectivity index (χ1) is 11.6. The van der Waals surface area contributed by atoms with Crippen molar-refractivity contribution in [3.63, 3.8) is 0 Å². The van der Waals surface area contributed by atoms with Gasteiger partial charge >= 0.3 is 0 Å². The van der Waals surface area contributed by atoms with Crippen LogP contribution in [0.1, 0.15) is 38.7 Å². The summed E-state index contributed by atoms with van der Waals surface area (Å²) in [5.74, 6) is -0.320. The molecule has 0 saturated carbocycles. The van der Waals surface area contributed by atoms with Crippen molar-refractivity contribution in [3.05, 3.63) is 35.9 Å². The van der Waals surface area contributed by atoms with Crippen LogP contribution in [0.2, 0.25) is 0 Å². The molecule has 0 spiro atoms. The van der Waals surface area contributed by atoms with Gasteiger partial charge < -0.3 is 10.1 Å². The van der Waals surface area contributed by atoms with E-state index >= 15 is 0 Å². The number of carbonyl (C=O) groups is 2. The second-order valence-corrected chi connectivity index (χ2v) is 5.99. The molecule has 1 aliphatic rings. The molecule has 130 valence electrons. The Balaban J connectivity index is 1.83. The van der Waals surface area contributed by atoms with E-state index in [1.165, 1.54) is 5.01 Å². The van der Waals surface area contributed by atoms with E-state index < -0.39 is 0 Å². The zero-order valence-electron chi connectivity index (χ0n) is 14.3. The lowest BCUT2D eigenvalue weighted by Crippen LogP contribution is -2.40. The zero-order chi connectivity index (χ0) is 17.4. The van der Waals surface area contributed by atoms with Crippen LogP contribution in [0.15, 0.2) is 35.4 Å². The topological polar surface area (TPSA) is 71.0 Å². The summed E-state index contributed by atoms with van der Waals surface area (Å²) in [4.78, 5) is 24.0. The van der Waals surface area contributed by atoms with Gasteiger partial charge in [0.05, 0.1) is 11.8 Å². The van der Waals surface area contributed by atoms with E-state index in [1.54, 1.807) is 0 Å². The fourth-order valence-corrected chi connectivity index (χ4v) is 2.37. The summed E-state index contributed by atoms with van der Waals surface area (Å²) in [6.45, 7) is 5.05. The highest BCUT2D eigenvalue weighted by molar-refractivity contribution is 6.04. The number of hydrogen-bond acceptors (Lipinski definition) is 4. The van der Waals surface area contributed by atoms with Crippen molar-refractivity contribution < 1.29 is 14.3 Å². The van der Waals surface area contributed by atoms with Crippen LogP contribution in [-0.4, -0.2) is 48.3 Å². The van der Waals surface area contributed by atoms with Crippen molar-refractivity contribution in [1.82, 2.24) is 10.3 Å². The number of carbonyl (C=O) groups excluding carboxylic acids is 2. The van der Waals surface area contributed by atoms with E-state index in [9.17, 15) is 9.59 Å². The maximum Gasteiger partial charge on any atom is 0.243 e. The van der Waals surface area contributed by atoms with E-state index in [4.69, 9.17) is 4.74 Å². The third-order valence-electron chi connectivity index (χ3n) is 3.60. The molecule has 0 bridgehead atoms. The molecule has 2 rings (SSSR count). The van der Waals surface area contributed by atoms with Gasteiger partial charge in [0.15, 0.2) is 0 Å². The number of amides is 2. The van der Waals surface area contributed by atoms with Gasteiger partial charge in [-0.1, -0.05) is 30.3 Å². The summed E-state index contributed by atoms with van der Waals surface area (Å²) in [5.41, 5.74) is 1.83. The van der Waals surface area contributed by atoms with Gasteiger partial charge in [-0.2, -0.15) is 5.10 Å². The van der Waals surface area contributed by atoms with Gasteiger partial charge in [0.2, 0.25) is 11.8 Å². The molecule has 0 radical (unpaired) electrons. The molecule has 6 heteroatoms. The van der Waals surface area contributed by atoms with Crippen LogP contribution in [-0.2, 0) is 14.3 Å². The summed E-state index contributed by atoms with van der Waals surface area (Å²) < 4.78 is 5.42. The van der Waals surface area contributed by atoms with Gasteiger partial charge in [-0.25, -0.2) is 5.01 Å². The molecule has 0 aliphatic carbocycles. The maximum atomic E-state index is 12.0. The summed E-state index contributed by atoms with van der Waals surface area (Å²) in [5, 5.41) is 8.42. The van der Waals surface area contributed by atoms with Gasteiger partial charge in [0.1, 0.15) is 6.54 Å². The Hall–Kier alpha value is -2.21. The molecule has 2 amide bonds. The SMILES string of the molecule is CC(C)OCCCNC(=O)CN1N=C(c2ccccc2)CCC1=O. The minimum atomic E-state index is -0.203. The standard InChI is InChI=1S/C18H25N3O3/c1-14(2)24-12-6-11-19-17(22)13-21-18(23)10-9-16(20-21)15-7-4-3-5-8-15/h3-5,7-8,14H,6,9-13H2,1-2H3,(H,19,22). The Morgan fingerprint density at radius 1 is 1.29 bits per heavy atom. The number of hydrogen-bond donors (Lipinski definition) is 1. The van der Waals surface area contributed by atoms with Crippen LogP contribution in [0, 0.1) is 0 Å². The highest BCUT2D eigenvalue weighted by atomic mass is 16.5. The minimum Gasteiger partial charge on any atom is -0.379 e. The Labute approximate surface area is 142 Å². The molecule has 0 fully saturated rings. The van der Waals surface area contributed by atoms with E-state index in [0.29, 0.717) is 26.0 Å². The van der Waals surface area contributed by atoms with E-state index in [0.717, 1.165) is 17.7 Å². The first-order valence-corrected chi connectivity index (χ1v) is 8.38. The van der Waals surface area contributed by atoms with Crippen LogP contribution in [0.5, 0.6) is 0 Å². The molecule has 1 aromatic carbocycles. The van der Waals surface area contributed by atoms with Crippen molar-refractivity contribution in [2.24, 2.45) is 5.10 Å². The lowest BCUT2D eigenvalue weighted by molar-refractivity contribution is -0.136. The molecule has 1 heterocycles. The van der Waals surface area contributed by atoms with Crippen molar-refractivity contribution in [2.75, 3.05) is 19.7 Å². The van der Waals surface area contributed by atoms with Crippen molar-refractivity contribution in [3.8, 4) is 0 Å². The van der Waals surface area contributed by atoms with Gasteiger partial charge in [-0.15, -0.1) is 0 Å². The monoisotopic (exact) mass is 331 g/mol. The predicted octanol–water partition coefficient (Wildman–Crippen LogP) is 1.94. The Bertz CT molecular complexity index is 584. The second-order valence-electron chi connectivity index (χ2n) is 5.99. The Morgan fingerprint density at radius 3 is 2.75 bits per heavy atom. The summed E-state index contributed by atoms with van der Waals surface area (Å²) in [6, 6.07) is 9.73. The summed E-state index contributed by atoms with van der Waals surface area (Å²) in [7, 11) is 0. The number of nitrogens with one attached hydrogen (secondary N) is 1.